The lowest BCUT2D eigenvalue weighted by molar-refractivity contribution is 0.203. The lowest BCUT2D eigenvalue weighted by atomic mass is 10.3. The number of carbonyl (C=O) groups is 1. The second kappa shape index (κ2) is 8.54. The second-order valence-electron chi connectivity index (χ2n) is 4.24. The van der Waals surface area contributed by atoms with Gasteiger partial charge in [0, 0.05) is 19.5 Å². The van der Waals surface area contributed by atoms with E-state index in [0.717, 1.165) is 4.31 Å². The summed E-state index contributed by atoms with van der Waals surface area (Å²) in [4.78, 5) is 22.0. The van der Waals surface area contributed by atoms with Crippen LogP contribution in [0, 0.1) is 4.91 Å². The molecule has 0 unspecified atom stereocenters. The normalized spacial score (nSPS) is 10.8. The number of alkyl halides is 1. The number of nitrogens with zero attached hydrogens (tertiary/aromatic N) is 3. The SMILES string of the molecule is CN(c1ccccc1)S(=O)(=O)CCNC(=O)N(CCCl)N=O. The van der Waals surface area contributed by atoms with Gasteiger partial charge in [0.25, 0.3) is 0 Å². The third kappa shape index (κ3) is 5.15. The Hall–Kier alpha value is -1.87. The molecule has 1 rings (SSSR count). The quantitative estimate of drug-likeness (QED) is 0.436. The molecule has 0 aliphatic carbocycles. The second-order valence-corrected chi connectivity index (χ2v) is 6.74. The Kier molecular flexibility index (Phi) is 7.06. The number of hydrogen-bond donors (Lipinski definition) is 1. The van der Waals surface area contributed by atoms with Crippen LogP contribution < -0.4 is 9.62 Å². The summed E-state index contributed by atoms with van der Waals surface area (Å²) in [6.45, 7) is -0.194. The summed E-state index contributed by atoms with van der Waals surface area (Å²) in [6, 6.07) is 7.77. The van der Waals surface area contributed by atoms with Gasteiger partial charge in [0.1, 0.15) is 0 Å². The van der Waals surface area contributed by atoms with Gasteiger partial charge in [0.2, 0.25) is 10.0 Å². The Balaban J connectivity index is 2.56. The van der Waals surface area contributed by atoms with Gasteiger partial charge in [0.05, 0.1) is 23.3 Å². The Labute approximate surface area is 134 Å². The maximum absolute atomic E-state index is 12.1. The fourth-order valence-electron chi connectivity index (χ4n) is 1.57. The van der Waals surface area contributed by atoms with E-state index < -0.39 is 16.1 Å². The number of nitrogens with one attached hydrogen (secondary N) is 1. The standard InChI is InChI=1S/C12H17ClN4O4S/c1-16(11-5-3-2-4-6-11)22(20,21)10-8-14-12(18)17(15-19)9-7-13/h2-6H,7-10H2,1H3,(H,14,18). The molecule has 1 aromatic rings. The maximum atomic E-state index is 12.1. The van der Waals surface area contributed by atoms with Gasteiger partial charge in [-0.3, -0.25) is 4.31 Å². The van der Waals surface area contributed by atoms with Crippen molar-refractivity contribution in [2.24, 2.45) is 5.29 Å². The van der Waals surface area contributed by atoms with Gasteiger partial charge < -0.3 is 5.32 Å². The summed E-state index contributed by atoms with van der Waals surface area (Å²) >= 11 is 5.41. The number of sulfonamides is 1. The molecule has 2 amide bonds. The highest BCUT2D eigenvalue weighted by molar-refractivity contribution is 7.92. The van der Waals surface area contributed by atoms with Crippen LogP contribution >= 0.6 is 11.6 Å². The van der Waals surface area contributed by atoms with E-state index in [1.807, 2.05) is 0 Å². The molecule has 22 heavy (non-hydrogen) atoms. The van der Waals surface area contributed by atoms with Gasteiger partial charge in [0.15, 0.2) is 0 Å². The molecule has 0 radical (unpaired) electrons. The van der Waals surface area contributed by atoms with Crippen molar-refractivity contribution in [3.8, 4) is 0 Å². The highest BCUT2D eigenvalue weighted by atomic mass is 35.5. The first-order chi connectivity index (χ1) is 10.4. The molecule has 0 atom stereocenters. The number of hydrogen-bond acceptors (Lipinski definition) is 5. The predicted molar refractivity (Wildman–Crippen MR) is 85.3 cm³/mol. The van der Waals surface area contributed by atoms with Crippen molar-refractivity contribution >= 4 is 33.3 Å². The molecule has 1 aromatic carbocycles. The van der Waals surface area contributed by atoms with Gasteiger partial charge in [-0.05, 0) is 12.1 Å². The fraction of sp³-hybridized carbons (Fsp3) is 0.417. The molecule has 122 valence electrons. The molecule has 0 heterocycles. The molecule has 8 nitrogen and oxygen atoms in total. The molecule has 0 spiro atoms. The largest absolute Gasteiger partial charge is 0.340 e. The number of carbonyl (C=O) groups excluding carboxylic acids is 1. The average Bonchev–Trinajstić information content (AvgIpc) is 2.52. The molecular weight excluding hydrogens is 332 g/mol. The van der Waals surface area contributed by atoms with Gasteiger partial charge >= 0.3 is 6.03 Å². The highest BCUT2D eigenvalue weighted by Gasteiger charge is 2.19. The van der Waals surface area contributed by atoms with E-state index in [0.29, 0.717) is 10.7 Å². The van der Waals surface area contributed by atoms with E-state index >= 15 is 0 Å². The summed E-state index contributed by atoms with van der Waals surface area (Å²) in [6.07, 6.45) is 0. The van der Waals surface area contributed by atoms with Gasteiger partial charge in [-0.1, -0.05) is 18.2 Å². The van der Waals surface area contributed by atoms with Crippen molar-refractivity contribution in [1.29, 1.82) is 0 Å². The van der Waals surface area contributed by atoms with Crippen LogP contribution in [-0.2, 0) is 10.0 Å². The zero-order valence-corrected chi connectivity index (χ0v) is 13.5. The van der Waals surface area contributed by atoms with Crippen LogP contribution in [0.5, 0.6) is 0 Å². The van der Waals surface area contributed by atoms with E-state index in [4.69, 9.17) is 11.6 Å². The van der Waals surface area contributed by atoms with Crippen molar-refractivity contribution in [3.05, 3.63) is 35.2 Å². The first kappa shape index (κ1) is 18.2. The van der Waals surface area contributed by atoms with Crippen LogP contribution in [0.25, 0.3) is 0 Å². The highest BCUT2D eigenvalue weighted by Crippen LogP contribution is 2.14. The Morgan fingerprint density at radius 2 is 1.95 bits per heavy atom. The Morgan fingerprint density at radius 1 is 1.32 bits per heavy atom. The average molecular weight is 349 g/mol. The molecule has 0 aliphatic rings. The van der Waals surface area contributed by atoms with E-state index in [1.165, 1.54) is 7.05 Å². The van der Waals surface area contributed by atoms with Crippen LogP contribution in [0.3, 0.4) is 0 Å². The first-order valence-electron chi connectivity index (χ1n) is 6.38. The zero-order valence-electron chi connectivity index (χ0n) is 12.0. The third-order valence-electron chi connectivity index (χ3n) is 2.80. The van der Waals surface area contributed by atoms with Crippen molar-refractivity contribution in [2.75, 3.05) is 36.1 Å². The van der Waals surface area contributed by atoms with E-state index in [2.05, 4.69) is 10.6 Å². The monoisotopic (exact) mass is 348 g/mol. The lowest BCUT2D eigenvalue weighted by Gasteiger charge is -2.20. The van der Waals surface area contributed by atoms with Gasteiger partial charge in [-0.2, -0.15) is 5.01 Å². The molecule has 0 saturated heterocycles. The number of urea groups is 1. The minimum absolute atomic E-state index is 0.0481. The maximum Gasteiger partial charge on any atom is 0.340 e. The number of rotatable bonds is 8. The molecule has 10 heteroatoms. The predicted octanol–water partition coefficient (Wildman–Crippen LogP) is 1.38. The number of para-hydroxylation sites is 1. The van der Waals surface area contributed by atoms with Crippen LogP contribution in [0.15, 0.2) is 35.6 Å². The van der Waals surface area contributed by atoms with Crippen molar-refractivity contribution < 1.29 is 13.2 Å². The summed E-state index contributed by atoms with van der Waals surface area (Å²) < 4.78 is 25.4. The Morgan fingerprint density at radius 3 is 2.50 bits per heavy atom. The molecule has 0 saturated carbocycles. The van der Waals surface area contributed by atoms with Crippen LogP contribution in [-0.4, -0.2) is 51.2 Å². The summed E-state index contributed by atoms with van der Waals surface area (Å²) in [5.41, 5.74) is 0.521. The molecule has 1 N–H and O–H groups in total. The number of nitroso groups, excluding NO2 is 1. The molecule has 0 bridgehead atoms. The zero-order chi connectivity index (χ0) is 16.6. The number of anilines is 1. The molecule has 0 aliphatic heterocycles. The van der Waals surface area contributed by atoms with Crippen LogP contribution in [0.4, 0.5) is 10.5 Å². The smallest absolute Gasteiger partial charge is 0.335 e. The molecular formula is C12H17ClN4O4S. The number of halogens is 1. The summed E-state index contributed by atoms with van der Waals surface area (Å²) in [7, 11) is -2.16. The topological polar surface area (TPSA) is 99.2 Å². The molecule has 0 aromatic heterocycles. The van der Waals surface area contributed by atoms with E-state index in [1.54, 1.807) is 30.3 Å². The van der Waals surface area contributed by atoms with Crippen LogP contribution in [0.2, 0.25) is 0 Å². The minimum Gasteiger partial charge on any atom is -0.335 e. The number of benzene rings is 1. The molecule has 0 fully saturated rings. The van der Waals surface area contributed by atoms with Crippen LogP contribution in [0.1, 0.15) is 0 Å². The fourth-order valence-corrected chi connectivity index (χ4v) is 2.81. The van der Waals surface area contributed by atoms with Gasteiger partial charge in [-0.25, -0.2) is 13.2 Å². The van der Waals surface area contributed by atoms with Gasteiger partial charge in [-0.15, -0.1) is 16.5 Å². The lowest BCUT2D eigenvalue weighted by Crippen LogP contribution is -2.41. The van der Waals surface area contributed by atoms with Crippen molar-refractivity contribution in [1.82, 2.24) is 10.3 Å². The van der Waals surface area contributed by atoms with E-state index in [9.17, 15) is 18.1 Å². The third-order valence-corrected chi connectivity index (χ3v) is 4.74. The number of amides is 2. The minimum atomic E-state index is -3.59. The van der Waals surface area contributed by atoms with E-state index in [-0.39, 0.29) is 24.7 Å². The van der Waals surface area contributed by atoms with Crippen molar-refractivity contribution in [3.63, 3.8) is 0 Å². The Bertz CT molecular complexity index is 596. The van der Waals surface area contributed by atoms with Crippen molar-refractivity contribution in [2.45, 2.75) is 0 Å². The summed E-state index contributed by atoms with van der Waals surface area (Å²) in [5, 5.41) is 5.41. The summed E-state index contributed by atoms with van der Waals surface area (Å²) in [5.74, 6) is -0.258. The first-order valence-corrected chi connectivity index (χ1v) is 8.53.